The van der Waals surface area contributed by atoms with Gasteiger partial charge in [0.15, 0.2) is 0 Å². The Bertz CT molecular complexity index is 1080. The number of nitrogens with zero attached hydrogens (tertiary/aromatic N) is 2. The first-order chi connectivity index (χ1) is 20.0. The van der Waals surface area contributed by atoms with Gasteiger partial charge in [0, 0.05) is 13.1 Å². The second kappa shape index (κ2) is 14.7. The van der Waals surface area contributed by atoms with Crippen molar-refractivity contribution in [1.82, 2.24) is 9.80 Å². The summed E-state index contributed by atoms with van der Waals surface area (Å²) in [5.74, 6) is 2.00. The van der Waals surface area contributed by atoms with Crippen LogP contribution in [0.1, 0.15) is 77.3 Å². The van der Waals surface area contributed by atoms with Crippen LogP contribution in [0.3, 0.4) is 0 Å². The zero-order valence-electron chi connectivity index (χ0n) is 25.7. The van der Waals surface area contributed by atoms with Crippen LogP contribution < -0.4 is 0 Å². The van der Waals surface area contributed by atoms with Gasteiger partial charge in [-0.25, -0.2) is 0 Å². The van der Waals surface area contributed by atoms with Crippen LogP contribution in [0.5, 0.6) is 0 Å². The smallest absolute Gasteiger partial charge is 0.236 e. The number of carbonyl (C=O) groups excluding carboxylic acids is 1. The molecule has 0 saturated carbocycles. The van der Waals surface area contributed by atoms with Crippen LogP contribution in [-0.4, -0.2) is 48.4 Å². The van der Waals surface area contributed by atoms with E-state index in [1.807, 2.05) is 36.4 Å². The molecular formula is C36H50N2O3. The number of hydrogen-bond donors (Lipinski definition) is 0. The van der Waals surface area contributed by atoms with Gasteiger partial charge >= 0.3 is 0 Å². The van der Waals surface area contributed by atoms with Crippen molar-refractivity contribution < 1.29 is 14.3 Å². The van der Waals surface area contributed by atoms with E-state index in [1.54, 1.807) is 0 Å². The largest absolute Gasteiger partial charge is 0.492 e. The number of hydrogen-bond acceptors (Lipinski definition) is 4. The molecule has 1 aliphatic heterocycles. The molecule has 0 unspecified atom stereocenters. The van der Waals surface area contributed by atoms with Gasteiger partial charge in [0.25, 0.3) is 0 Å². The van der Waals surface area contributed by atoms with E-state index in [0.717, 1.165) is 93.9 Å². The quantitative estimate of drug-likeness (QED) is 0.211. The second-order valence-corrected chi connectivity index (χ2v) is 11.6. The van der Waals surface area contributed by atoms with Crippen molar-refractivity contribution in [3.8, 4) is 0 Å². The summed E-state index contributed by atoms with van der Waals surface area (Å²) in [6.07, 6.45) is 9.93. The fraction of sp³-hybridized carbons (Fsp3) is 0.528. The number of ether oxygens (including phenoxy) is 2. The third-order valence-electron chi connectivity index (χ3n) is 8.83. The van der Waals surface area contributed by atoms with Crippen molar-refractivity contribution in [2.45, 2.75) is 79.4 Å². The number of rotatable bonds is 16. The molecule has 1 spiro atoms. The summed E-state index contributed by atoms with van der Waals surface area (Å²) in [6.45, 7) is 14.5. The highest BCUT2D eigenvalue weighted by Gasteiger charge is 2.52. The molecule has 5 nitrogen and oxygen atoms in total. The number of carbonyl (C=O) groups is 1. The maximum absolute atomic E-state index is 14.2. The monoisotopic (exact) mass is 558 g/mol. The molecule has 0 bridgehead atoms. The average Bonchev–Trinajstić information content (AvgIpc) is 3.30. The average molecular weight is 559 g/mol. The summed E-state index contributed by atoms with van der Waals surface area (Å²) >= 11 is 0. The molecule has 1 amide bonds. The minimum Gasteiger partial charge on any atom is -0.492 e. The van der Waals surface area contributed by atoms with Gasteiger partial charge in [-0.2, -0.15) is 0 Å². The van der Waals surface area contributed by atoms with Gasteiger partial charge in [-0.05, 0) is 68.6 Å². The first kappa shape index (κ1) is 30.9. The van der Waals surface area contributed by atoms with Gasteiger partial charge in [0.1, 0.15) is 24.7 Å². The fourth-order valence-electron chi connectivity index (χ4n) is 6.54. The summed E-state index contributed by atoms with van der Waals surface area (Å²) in [7, 11) is 0. The lowest BCUT2D eigenvalue weighted by molar-refractivity contribution is -0.132. The molecule has 0 N–H and O–H groups in total. The Morgan fingerprint density at radius 1 is 0.780 bits per heavy atom. The topological polar surface area (TPSA) is 42.0 Å². The lowest BCUT2D eigenvalue weighted by Gasteiger charge is -2.43. The molecule has 0 aromatic heterocycles. The van der Waals surface area contributed by atoms with Crippen LogP contribution in [0.2, 0.25) is 0 Å². The molecule has 2 aliphatic rings. The predicted octanol–water partition coefficient (Wildman–Crippen LogP) is 7.74. The molecule has 1 aliphatic carbocycles. The normalized spacial score (nSPS) is 17.6. The molecule has 2 aromatic carbocycles. The van der Waals surface area contributed by atoms with Crippen molar-refractivity contribution in [2.75, 3.05) is 32.7 Å². The molecule has 0 atom stereocenters. The summed E-state index contributed by atoms with van der Waals surface area (Å²) in [6, 6.07) is 20.6. The fourth-order valence-corrected chi connectivity index (χ4v) is 6.54. The molecular weight excluding hydrogens is 508 g/mol. The standard InChI is InChI=1S/C36H50N2O3/c1-5-20-36(21-6-2)32(40-28-30-16-11-9-12-17-30)26-35(27-33(36)41-29-31-18-13-10-14-19-31)22-25-38(34(35)39)24-15-23-37(7-3)8-4/h9-14,16-19,26-27H,5-8,15,20-25,28-29H2,1-4H3. The molecule has 222 valence electrons. The molecule has 1 heterocycles. The second-order valence-electron chi connectivity index (χ2n) is 11.6. The maximum atomic E-state index is 14.2. The minimum absolute atomic E-state index is 0.181. The van der Waals surface area contributed by atoms with Crippen molar-refractivity contribution in [3.05, 3.63) is 95.5 Å². The summed E-state index contributed by atoms with van der Waals surface area (Å²) in [5, 5.41) is 0. The Balaban J connectivity index is 1.67. The molecule has 1 fully saturated rings. The van der Waals surface area contributed by atoms with Crippen molar-refractivity contribution in [1.29, 1.82) is 0 Å². The molecule has 5 heteroatoms. The minimum atomic E-state index is -0.724. The van der Waals surface area contributed by atoms with Gasteiger partial charge in [-0.15, -0.1) is 0 Å². The van der Waals surface area contributed by atoms with Crippen molar-refractivity contribution in [3.63, 3.8) is 0 Å². The molecule has 2 aromatic rings. The maximum Gasteiger partial charge on any atom is 0.236 e. The highest BCUT2D eigenvalue weighted by atomic mass is 16.5. The van der Waals surface area contributed by atoms with Gasteiger partial charge in [0.05, 0.1) is 10.8 Å². The molecule has 41 heavy (non-hydrogen) atoms. The van der Waals surface area contributed by atoms with Crippen LogP contribution in [-0.2, 0) is 27.5 Å². The predicted molar refractivity (Wildman–Crippen MR) is 167 cm³/mol. The van der Waals surface area contributed by atoms with Crippen LogP contribution in [0.15, 0.2) is 84.3 Å². The zero-order valence-corrected chi connectivity index (χ0v) is 25.7. The lowest BCUT2D eigenvalue weighted by atomic mass is 9.67. The SMILES string of the molecule is CCCC1(CCC)C(OCc2ccccc2)=CC2(C=C1OCc1ccccc1)CCN(CCCN(CC)CC)C2=O. The van der Waals surface area contributed by atoms with E-state index < -0.39 is 5.41 Å². The van der Waals surface area contributed by atoms with Crippen molar-refractivity contribution >= 4 is 5.91 Å². The Morgan fingerprint density at radius 3 is 1.76 bits per heavy atom. The van der Waals surface area contributed by atoms with Gasteiger partial charge in [0.2, 0.25) is 5.91 Å². The van der Waals surface area contributed by atoms with Crippen LogP contribution in [0, 0.1) is 10.8 Å². The summed E-state index contributed by atoms with van der Waals surface area (Å²) in [5.41, 5.74) is 1.15. The van der Waals surface area contributed by atoms with E-state index >= 15 is 0 Å². The Hall–Kier alpha value is -3.05. The van der Waals surface area contributed by atoms with E-state index in [4.69, 9.17) is 9.47 Å². The zero-order chi connectivity index (χ0) is 29.1. The van der Waals surface area contributed by atoms with Gasteiger partial charge in [-0.1, -0.05) is 101 Å². The van der Waals surface area contributed by atoms with Crippen LogP contribution >= 0.6 is 0 Å². The van der Waals surface area contributed by atoms with Gasteiger partial charge < -0.3 is 19.3 Å². The number of benzene rings is 2. The third kappa shape index (κ3) is 7.24. The van der Waals surface area contributed by atoms with E-state index in [0.29, 0.717) is 13.2 Å². The van der Waals surface area contributed by atoms with Crippen molar-refractivity contribution in [2.24, 2.45) is 10.8 Å². The Labute approximate surface area is 248 Å². The van der Waals surface area contributed by atoms with E-state index in [-0.39, 0.29) is 11.3 Å². The van der Waals surface area contributed by atoms with E-state index in [2.05, 4.69) is 73.9 Å². The highest BCUT2D eigenvalue weighted by Crippen LogP contribution is 2.54. The van der Waals surface area contributed by atoms with Crippen LogP contribution in [0.4, 0.5) is 0 Å². The first-order valence-electron chi connectivity index (χ1n) is 15.8. The number of likely N-dealkylation sites (tertiary alicyclic amines) is 1. The number of amides is 1. The highest BCUT2D eigenvalue weighted by molar-refractivity contribution is 5.89. The molecule has 1 saturated heterocycles. The van der Waals surface area contributed by atoms with E-state index in [1.165, 1.54) is 0 Å². The van der Waals surface area contributed by atoms with Gasteiger partial charge in [-0.3, -0.25) is 4.79 Å². The summed E-state index contributed by atoms with van der Waals surface area (Å²) in [4.78, 5) is 18.7. The summed E-state index contributed by atoms with van der Waals surface area (Å²) < 4.78 is 13.5. The first-order valence-corrected chi connectivity index (χ1v) is 15.8. The van der Waals surface area contributed by atoms with Crippen LogP contribution in [0.25, 0.3) is 0 Å². The molecule has 0 radical (unpaired) electrons. The van der Waals surface area contributed by atoms with E-state index in [9.17, 15) is 4.79 Å². The molecule has 4 rings (SSSR count). The Morgan fingerprint density at radius 2 is 1.29 bits per heavy atom. The lowest BCUT2D eigenvalue weighted by Crippen LogP contribution is -2.40. The Kier molecular flexibility index (Phi) is 11.1. The third-order valence-corrected chi connectivity index (χ3v) is 8.83.